The van der Waals surface area contributed by atoms with Gasteiger partial charge in [0.1, 0.15) is 4.83 Å². The Morgan fingerprint density at radius 1 is 0.447 bits per heavy atom. The molecule has 12 rings (SSSR count). The third kappa shape index (κ3) is 2.72. The van der Waals surface area contributed by atoms with E-state index in [1.165, 1.54) is 103 Å². The summed E-state index contributed by atoms with van der Waals surface area (Å²) in [6.07, 6.45) is 0. The Hall–Kier alpha value is -5.70. The molecule has 0 saturated carbocycles. The van der Waals surface area contributed by atoms with E-state index in [2.05, 4.69) is 156 Å². The van der Waals surface area contributed by atoms with Crippen molar-refractivity contribution in [2.24, 2.45) is 0 Å². The number of para-hydroxylation sites is 1. The number of benzene rings is 7. The number of rotatable bonds is 1. The largest absolute Gasteiger partial charge is 0.299 e. The molecule has 2 aliphatic carbocycles. The van der Waals surface area contributed by atoms with Gasteiger partial charge in [0.15, 0.2) is 0 Å². The zero-order valence-corrected chi connectivity index (χ0v) is 26.1. The molecule has 7 aromatic carbocycles. The van der Waals surface area contributed by atoms with Crippen LogP contribution in [-0.2, 0) is 5.41 Å². The second kappa shape index (κ2) is 8.36. The van der Waals surface area contributed by atoms with Gasteiger partial charge in [0, 0.05) is 26.4 Å². The molecule has 1 nitrogen and oxygen atoms in total. The van der Waals surface area contributed by atoms with Crippen LogP contribution in [-0.4, -0.2) is 4.40 Å². The fraction of sp³-hybridized carbons (Fsp3) is 0.0222. The molecule has 0 fully saturated rings. The SMILES string of the molecule is c1ccc2c(c1)-c1ccccc1C21c2ccccc2-c2c(-c3cc4c5cccc6ccc7c8ccccc8n(c4s3)c7c65)cccc21. The molecule has 0 unspecified atom stereocenters. The quantitative estimate of drug-likeness (QED) is 0.174. The lowest BCUT2D eigenvalue weighted by Crippen LogP contribution is -2.25. The molecular formula is C45H25NS. The van der Waals surface area contributed by atoms with Crippen molar-refractivity contribution in [1.82, 2.24) is 4.40 Å². The van der Waals surface area contributed by atoms with Crippen LogP contribution in [0, 0.1) is 0 Å². The molecule has 10 aromatic rings. The van der Waals surface area contributed by atoms with Crippen molar-refractivity contribution < 1.29 is 0 Å². The summed E-state index contributed by atoms with van der Waals surface area (Å²) in [7, 11) is 0. The molecule has 47 heavy (non-hydrogen) atoms. The van der Waals surface area contributed by atoms with E-state index in [-0.39, 0.29) is 5.41 Å². The summed E-state index contributed by atoms with van der Waals surface area (Å²) in [5, 5.41) is 7.97. The first-order valence-electron chi connectivity index (χ1n) is 16.4. The van der Waals surface area contributed by atoms with Gasteiger partial charge in [0.2, 0.25) is 0 Å². The number of pyridine rings is 1. The minimum absolute atomic E-state index is 0.337. The standard InChI is InChI=1S/C45H25NS/c1-5-18-35-27(12-1)28-13-2-6-19-36(28)45(35)37-20-7-3-15-32(37)42-33(17-10-21-38(42)45)40-25-34-30-16-9-11-26-23-24-31-29-14-4-8-22-39(29)46(44(34)47-40)43(31)41(26)30/h1-25H. The lowest BCUT2D eigenvalue weighted by atomic mass is 9.70. The van der Waals surface area contributed by atoms with E-state index < -0.39 is 0 Å². The Kier molecular flexibility index (Phi) is 4.36. The molecule has 216 valence electrons. The van der Waals surface area contributed by atoms with E-state index in [1.807, 2.05) is 11.3 Å². The van der Waals surface area contributed by atoms with Crippen LogP contribution in [0.5, 0.6) is 0 Å². The molecule has 0 radical (unpaired) electrons. The van der Waals surface area contributed by atoms with Gasteiger partial charge in [-0.3, -0.25) is 4.40 Å². The molecule has 2 heteroatoms. The van der Waals surface area contributed by atoms with Gasteiger partial charge in [-0.05, 0) is 73.0 Å². The molecule has 3 aromatic heterocycles. The van der Waals surface area contributed by atoms with Crippen molar-refractivity contribution >= 4 is 59.5 Å². The van der Waals surface area contributed by atoms with E-state index in [0.717, 1.165) is 0 Å². The minimum atomic E-state index is -0.337. The third-order valence-corrected chi connectivity index (χ3v) is 12.3. The maximum Gasteiger partial charge on any atom is 0.109 e. The number of nitrogens with zero attached hydrogens (tertiary/aromatic N) is 1. The first-order chi connectivity index (χ1) is 23.3. The summed E-state index contributed by atoms with van der Waals surface area (Å²) in [6, 6.07) is 57.1. The molecule has 0 atom stereocenters. The van der Waals surface area contributed by atoms with Gasteiger partial charge in [-0.25, -0.2) is 0 Å². The molecule has 0 N–H and O–H groups in total. The Labute approximate surface area is 274 Å². The fourth-order valence-electron chi connectivity index (χ4n) is 9.48. The zero-order valence-electron chi connectivity index (χ0n) is 25.3. The van der Waals surface area contributed by atoms with E-state index in [4.69, 9.17) is 0 Å². The highest BCUT2D eigenvalue weighted by Crippen LogP contribution is 2.64. The first-order valence-corrected chi connectivity index (χ1v) is 17.2. The summed E-state index contributed by atoms with van der Waals surface area (Å²) in [5.74, 6) is 0. The Balaban J connectivity index is 1.23. The highest BCUT2D eigenvalue weighted by atomic mass is 32.1. The average molecular weight is 612 g/mol. The van der Waals surface area contributed by atoms with Crippen molar-refractivity contribution in [3.63, 3.8) is 0 Å². The average Bonchev–Trinajstić information content (AvgIpc) is 3.87. The van der Waals surface area contributed by atoms with Gasteiger partial charge < -0.3 is 0 Å². The highest BCUT2D eigenvalue weighted by Gasteiger charge is 2.52. The Bertz CT molecular complexity index is 2930. The maximum absolute atomic E-state index is 2.55. The monoisotopic (exact) mass is 611 g/mol. The van der Waals surface area contributed by atoms with Gasteiger partial charge in [0.25, 0.3) is 0 Å². The number of thiophene rings is 1. The zero-order chi connectivity index (χ0) is 30.4. The minimum Gasteiger partial charge on any atom is -0.299 e. The molecule has 2 aliphatic rings. The molecule has 0 aliphatic heterocycles. The summed E-state index contributed by atoms with van der Waals surface area (Å²) >= 11 is 1.93. The van der Waals surface area contributed by atoms with Crippen LogP contribution in [0.15, 0.2) is 152 Å². The second-order valence-electron chi connectivity index (χ2n) is 13.2. The van der Waals surface area contributed by atoms with Crippen molar-refractivity contribution in [3.05, 3.63) is 174 Å². The fourth-order valence-corrected chi connectivity index (χ4v) is 10.7. The van der Waals surface area contributed by atoms with Crippen LogP contribution in [0.3, 0.4) is 0 Å². The summed E-state index contributed by atoms with van der Waals surface area (Å²) in [4.78, 5) is 2.63. The van der Waals surface area contributed by atoms with Gasteiger partial charge in [-0.1, -0.05) is 140 Å². The van der Waals surface area contributed by atoms with Crippen LogP contribution in [0.4, 0.5) is 0 Å². The topological polar surface area (TPSA) is 4.41 Å². The molecule has 0 bridgehead atoms. The molecule has 0 saturated heterocycles. The van der Waals surface area contributed by atoms with Crippen LogP contribution in [0.1, 0.15) is 22.3 Å². The molecule has 1 spiro atoms. The number of hydrogen-bond acceptors (Lipinski definition) is 1. The summed E-state index contributed by atoms with van der Waals surface area (Å²) in [5.41, 5.74) is 14.5. The van der Waals surface area contributed by atoms with E-state index in [1.54, 1.807) is 0 Å². The number of hydrogen-bond donors (Lipinski definition) is 0. The summed E-state index contributed by atoms with van der Waals surface area (Å²) in [6.45, 7) is 0. The lowest BCUT2D eigenvalue weighted by Gasteiger charge is -2.30. The van der Waals surface area contributed by atoms with Gasteiger partial charge >= 0.3 is 0 Å². The van der Waals surface area contributed by atoms with Gasteiger partial charge in [0.05, 0.1) is 16.4 Å². The van der Waals surface area contributed by atoms with E-state index in [9.17, 15) is 0 Å². The van der Waals surface area contributed by atoms with E-state index >= 15 is 0 Å². The molecule has 0 amide bonds. The van der Waals surface area contributed by atoms with Crippen molar-refractivity contribution in [1.29, 1.82) is 0 Å². The van der Waals surface area contributed by atoms with Crippen molar-refractivity contribution in [3.8, 4) is 32.7 Å². The normalized spacial score (nSPS) is 14.1. The maximum atomic E-state index is 2.55. The van der Waals surface area contributed by atoms with Gasteiger partial charge in [-0.2, -0.15) is 0 Å². The lowest BCUT2D eigenvalue weighted by molar-refractivity contribution is 0.794. The van der Waals surface area contributed by atoms with E-state index in [0.29, 0.717) is 0 Å². The van der Waals surface area contributed by atoms with Gasteiger partial charge in [-0.15, -0.1) is 11.3 Å². The number of aromatic nitrogens is 1. The smallest absolute Gasteiger partial charge is 0.109 e. The van der Waals surface area contributed by atoms with Crippen LogP contribution in [0.25, 0.3) is 80.9 Å². The highest BCUT2D eigenvalue weighted by molar-refractivity contribution is 7.22. The van der Waals surface area contributed by atoms with Crippen molar-refractivity contribution in [2.75, 3.05) is 0 Å². The predicted molar refractivity (Wildman–Crippen MR) is 198 cm³/mol. The third-order valence-electron chi connectivity index (χ3n) is 11.2. The predicted octanol–water partition coefficient (Wildman–Crippen LogP) is 12.1. The van der Waals surface area contributed by atoms with Crippen LogP contribution in [0.2, 0.25) is 0 Å². The second-order valence-corrected chi connectivity index (χ2v) is 14.2. The Morgan fingerprint density at radius 3 is 1.87 bits per heavy atom. The van der Waals surface area contributed by atoms with Crippen LogP contribution >= 0.6 is 11.3 Å². The van der Waals surface area contributed by atoms with Crippen LogP contribution < -0.4 is 0 Å². The Morgan fingerprint density at radius 2 is 1.06 bits per heavy atom. The summed E-state index contributed by atoms with van der Waals surface area (Å²) < 4.78 is 2.55. The number of fused-ring (bicyclic) bond motifs is 16. The first kappa shape index (κ1) is 24.5. The molecular weight excluding hydrogens is 587 g/mol. The molecule has 3 heterocycles. The van der Waals surface area contributed by atoms with Crippen molar-refractivity contribution in [2.45, 2.75) is 5.41 Å².